The van der Waals surface area contributed by atoms with Gasteiger partial charge in [0.1, 0.15) is 0 Å². The van der Waals surface area contributed by atoms with Gasteiger partial charge in [0.05, 0.1) is 11.0 Å². The summed E-state index contributed by atoms with van der Waals surface area (Å²) in [5, 5.41) is 9.77. The van der Waals surface area contributed by atoms with E-state index in [1.807, 2.05) is 19.1 Å². The van der Waals surface area contributed by atoms with Crippen LogP contribution in [0, 0.1) is 5.92 Å². The van der Waals surface area contributed by atoms with Gasteiger partial charge in [0.15, 0.2) is 0 Å². The second-order valence-electron chi connectivity index (χ2n) is 6.17. The van der Waals surface area contributed by atoms with Crippen molar-refractivity contribution in [3.8, 4) is 0 Å². The molecule has 21 heavy (non-hydrogen) atoms. The Kier molecular flexibility index (Phi) is 3.94. The highest BCUT2D eigenvalue weighted by molar-refractivity contribution is 7.89. The van der Waals surface area contributed by atoms with Crippen molar-refractivity contribution in [1.82, 2.24) is 4.72 Å². The molecule has 2 N–H and O–H groups in total. The van der Waals surface area contributed by atoms with Crippen molar-refractivity contribution < 1.29 is 13.5 Å². The van der Waals surface area contributed by atoms with E-state index in [2.05, 4.69) is 9.62 Å². The van der Waals surface area contributed by atoms with Crippen molar-refractivity contribution in [2.45, 2.75) is 43.2 Å². The lowest BCUT2D eigenvalue weighted by Crippen LogP contribution is -2.41. The molecule has 2 aliphatic rings. The first-order valence-corrected chi connectivity index (χ1v) is 8.99. The second kappa shape index (κ2) is 5.59. The number of aliphatic hydroxyl groups is 1. The number of sulfonamides is 1. The fourth-order valence-electron chi connectivity index (χ4n) is 2.69. The monoisotopic (exact) mass is 310 g/mol. The fraction of sp³-hybridized carbons (Fsp3) is 0.600. The van der Waals surface area contributed by atoms with Gasteiger partial charge in [0.25, 0.3) is 0 Å². The normalized spacial score (nSPS) is 26.9. The Labute approximate surface area is 126 Å². The van der Waals surface area contributed by atoms with Gasteiger partial charge in [-0.05, 0) is 49.4 Å². The molecule has 1 aliphatic carbocycles. The number of nitrogens with zero attached hydrogens (tertiary/aromatic N) is 1. The predicted octanol–water partition coefficient (Wildman–Crippen LogP) is 1.33. The van der Waals surface area contributed by atoms with Gasteiger partial charge in [0.2, 0.25) is 10.0 Å². The van der Waals surface area contributed by atoms with Crippen LogP contribution < -0.4 is 9.62 Å². The van der Waals surface area contributed by atoms with E-state index < -0.39 is 10.0 Å². The Morgan fingerprint density at radius 3 is 2.43 bits per heavy atom. The number of rotatable bonds is 4. The van der Waals surface area contributed by atoms with Gasteiger partial charge >= 0.3 is 0 Å². The molecular weight excluding hydrogens is 288 g/mol. The van der Waals surface area contributed by atoms with E-state index in [1.54, 1.807) is 12.1 Å². The van der Waals surface area contributed by atoms with Gasteiger partial charge < -0.3 is 10.0 Å². The maximum Gasteiger partial charge on any atom is 0.240 e. The van der Waals surface area contributed by atoms with Crippen LogP contribution in [0.15, 0.2) is 29.2 Å². The number of piperidine rings is 1. The molecule has 0 amide bonds. The number of hydrogen-bond acceptors (Lipinski definition) is 4. The Morgan fingerprint density at radius 2 is 1.86 bits per heavy atom. The Hall–Kier alpha value is -1.11. The average Bonchev–Trinajstić information content (AvgIpc) is 3.25. The SMILES string of the molecule is CC1CN(c2ccc(S(=O)(=O)NC3CC3)cc2)CCC1O. The molecule has 0 aromatic heterocycles. The molecule has 1 heterocycles. The molecule has 2 unspecified atom stereocenters. The summed E-state index contributed by atoms with van der Waals surface area (Å²) in [6.07, 6.45) is 2.39. The number of aliphatic hydroxyl groups excluding tert-OH is 1. The summed E-state index contributed by atoms with van der Waals surface area (Å²) in [5.41, 5.74) is 1.01. The molecule has 0 radical (unpaired) electrons. The zero-order valence-electron chi connectivity index (χ0n) is 12.2. The highest BCUT2D eigenvalue weighted by Crippen LogP contribution is 2.26. The van der Waals surface area contributed by atoms with E-state index in [-0.39, 0.29) is 18.1 Å². The quantitative estimate of drug-likeness (QED) is 0.880. The van der Waals surface area contributed by atoms with Crippen molar-refractivity contribution in [3.05, 3.63) is 24.3 Å². The number of nitrogens with one attached hydrogen (secondary N) is 1. The lowest BCUT2D eigenvalue weighted by molar-refractivity contribution is 0.0971. The third-order valence-electron chi connectivity index (χ3n) is 4.27. The topological polar surface area (TPSA) is 69.6 Å². The molecular formula is C15H22N2O3S. The molecule has 1 aromatic carbocycles. The van der Waals surface area contributed by atoms with E-state index in [0.29, 0.717) is 4.90 Å². The van der Waals surface area contributed by atoms with Crippen molar-refractivity contribution in [2.75, 3.05) is 18.0 Å². The summed E-state index contributed by atoms with van der Waals surface area (Å²) < 4.78 is 26.9. The minimum absolute atomic E-state index is 0.124. The summed E-state index contributed by atoms with van der Waals surface area (Å²) >= 11 is 0. The van der Waals surface area contributed by atoms with Crippen LogP contribution in [0.5, 0.6) is 0 Å². The highest BCUT2D eigenvalue weighted by Gasteiger charge is 2.28. The van der Waals surface area contributed by atoms with E-state index >= 15 is 0 Å². The summed E-state index contributed by atoms with van der Waals surface area (Å²) in [6, 6.07) is 7.16. The van der Waals surface area contributed by atoms with Crippen LogP contribution in [0.3, 0.4) is 0 Å². The van der Waals surface area contributed by atoms with Gasteiger partial charge in [-0.15, -0.1) is 0 Å². The van der Waals surface area contributed by atoms with Crippen LogP contribution >= 0.6 is 0 Å². The van der Waals surface area contributed by atoms with Crippen LogP contribution in [0.1, 0.15) is 26.2 Å². The standard InChI is InChI=1S/C15H22N2O3S/c1-11-10-17(9-8-15(11)18)13-4-6-14(7-5-13)21(19,20)16-12-2-3-12/h4-7,11-12,15-16,18H,2-3,8-10H2,1H3. The summed E-state index contributed by atoms with van der Waals surface area (Å²) in [7, 11) is -3.37. The third-order valence-corrected chi connectivity index (χ3v) is 5.81. The summed E-state index contributed by atoms with van der Waals surface area (Å²) in [5.74, 6) is 0.235. The molecule has 1 aromatic rings. The average molecular weight is 310 g/mol. The maximum atomic E-state index is 12.1. The van der Waals surface area contributed by atoms with Crippen LogP contribution in [0.2, 0.25) is 0 Å². The van der Waals surface area contributed by atoms with Gasteiger partial charge in [0, 0.05) is 24.8 Å². The lowest BCUT2D eigenvalue weighted by Gasteiger charge is -2.36. The second-order valence-corrected chi connectivity index (χ2v) is 7.88. The largest absolute Gasteiger partial charge is 0.393 e. The predicted molar refractivity (Wildman–Crippen MR) is 81.8 cm³/mol. The smallest absolute Gasteiger partial charge is 0.240 e. The third kappa shape index (κ3) is 3.39. The molecule has 2 fully saturated rings. The highest BCUT2D eigenvalue weighted by atomic mass is 32.2. The van der Waals surface area contributed by atoms with E-state index in [9.17, 15) is 13.5 Å². The fourth-order valence-corrected chi connectivity index (χ4v) is 4.00. The van der Waals surface area contributed by atoms with Crippen molar-refractivity contribution in [1.29, 1.82) is 0 Å². The van der Waals surface area contributed by atoms with Gasteiger partial charge in [-0.3, -0.25) is 0 Å². The van der Waals surface area contributed by atoms with Crippen LogP contribution in [-0.2, 0) is 10.0 Å². The van der Waals surface area contributed by atoms with Gasteiger partial charge in [-0.25, -0.2) is 13.1 Å². The molecule has 5 nitrogen and oxygen atoms in total. The first-order chi connectivity index (χ1) is 9.95. The lowest BCUT2D eigenvalue weighted by atomic mass is 9.96. The Bertz CT molecular complexity index is 596. The molecule has 116 valence electrons. The van der Waals surface area contributed by atoms with Crippen LogP contribution in [0.25, 0.3) is 0 Å². The first kappa shape index (κ1) is 14.8. The molecule has 1 saturated heterocycles. The Morgan fingerprint density at radius 1 is 1.19 bits per heavy atom. The van der Waals surface area contributed by atoms with E-state index in [0.717, 1.165) is 38.0 Å². The zero-order valence-corrected chi connectivity index (χ0v) is 13.0. The van der Waals surface area contributed by atoms with Gasteiger partial charge in [-0.1, -0.05) is 6.92 Å². The maximum absolute atomic E-state index is 12.1. The number of anilines is 1. The molecule has 3 rings (SSSR count). The molecule has 0 bridgehead atoms. The summed E-state index contributed by atoms with van der Waals surface area (Å²) in [6.45, 7) is 3.64. The molecule has 6 heteroatoms. The molecule has 1 aliphatic heterocycles. The van der Waals surface area contributed by atoms with Crippen LogP contribution in [-0.4, -0.2) is 38.8 Å². The first-order valence-electron chi connectivity index (χ1n) is 7.51. The minimum Gasteiger partial charge on any atom is -0.393 e. The van der Waals surface area contributed by atoms with Crippen molar-refractivity contribution >= 4 is 15.7 Å². The molecule has 0 spiro atoms. The number of hydrogen-bond donors (Lipinski definition) is 2. The van der Waals surface area contributed by atoms with E-state index in [4.69, 9.17) is 0 Å². The Balaban J connectivity index is 1.72. The van der Waals surface area contributed by atoms with E-state index in [1.165, 1.54) is 0 Å². The molecule has 2 atom stereocenters. The molecule has 1 saturated carbocycles. The summed E-state index contributed by atoms with van der Waals surface area (Å²) in [4.78, 5) is 2.52. The zero-order chi connectivity index (χ0) is 15.0. The number of benzene rings is 1. The van der Waals surface area contributed by atoms with Gasteiger partial charge in [-0.2, -0.15) is 0 Å². The van der Waals surface area contributed by atoms with Crippen LogP contribution in [0.4, 0.5) is 5.69 Å². The van der Waals surface area contributed by atoms with Crippen molar-refractivity contribution in [2.24, 2.45) is 5.92 Å². The minimum atomic E-state index is -3.37. The van der Waals surface area contributed by atoms with Crippen molar-refractivity contribution in [3.63, 3.8) is 0 Å².